The van der Waals surface area contributed by atoms with Crippen molar-refractivity contribution in [2.24, 2.45) is 0 Å². The molecule has 1 N–H and O–H groups in total. The van der Waals surface area contributed by atoms with E-state index in [0.717, 1.165) is 15.7 Å². The van der Waals surface area contributed by atoms with E-state index in [1.54, 1.807) is 33.9 Å². The van der Waals surface area contributed by atoms with Crippen LogP contribution in [0.4, 0.5) is 5.82 Å². The number of aryl methyl sites for hydroxylation is 1. The fourth-order valence-electron chi connectivity index (χ4n) is 2.44. The number of hydrogen-bond donors (Lipinski definition) is 1. The predicted molar refractivity (Wildman–Crippen MR) is 113 cm³/mol. The maximum Gasteiger partial charge on any atom is 0.227 e. The van der Waals surface area contributed by atoms with Gasteiger partial charge in [-0.3, -0.25) is 14.2 Å². The quantitative estimate of drug-likeness (QED) is 0.466. The number of nitrogens with zero attached hydrogens (tertiary/aromatic N) is 4. The summed E-state index contributed by atoms with van der Waals surface area (Å²) in [5, 5.41) is 12.6. The highest BCUT2D eigenvalue weighted by Gasteiger charge is 2.13. The molecular formula is C17H15Br2Cl2N5O. The van der Waals surface area contributed by atoms with Gasteiger partial charge in [0.2, 0.25) is 5.91 Å². The Morgan fingerprint density at radius 2 is 2.04 bits per heavy atom. The van der Waals surface area contributed by atoms with Crippen LogP contribution < -0.4 is 5.32 Å². The molecule has 0 unspecified atom stereocenters. The number of hydrogen-bond acceptors (Lipinski definition) is 3. The first-order valence-electron chi connectivity index (χ1n) is 7.98. The van der Waals surface area contributed by atoms with Crippen molar-refractivity contribution in [1.82, 2.24) is 19.6 Å². The van der Waals surface area contributed by atoms with Gasteiger partial charge in [0, 0.05) is 28.4 Å². The fourth-order valence-corrected chi connectivity index (χ4v) is 3.62. The Morgan fingerprint density at radius 1 is 1.26 bits per heavy atom. The number of halogens is 4. The fraction of sp³-hybridized carbons (Fsp3) is 0.235. The van der Waals surface area contributed by atoms with Crippen molar-refractivity contribution in [3.8, 4) is 0 Å². The third-order valence-electron chi connectivity index (χ3n) is 3.92. The molecule has 142 valence electrons. The highest BCUT2D eigenvalue weighted by molar-refractivity contribution is 9.10. The van der Waals surface area contributed by atoms with E-state index >= 15 is 0 Å². The number of carbonyl (C=O) groups is 1. The highest BCUT2D eigenvalue weighted by Crippen LogP contribution is 2.24. The van der Waals surface area contributed by atoms with Gasteiger partial charge >= 0.3 is 0 Å². The van der Waals surface area contributed by atoms with Gasteiger partial charge in [-0.05, 0) is 56.5 Å². The van der Waals surface area contributed by atoms with Gasteiger partial charge in [-0.1, -0.05) is 29.3 Å². The maximum absolute atomic E-state index is 12.2. The molecule has 6 nitrogen and oxygen atoms in total. The van der Waals surface area contributed by atoms with Crippen LogP contribution in [-0.2, 0) is 17.9 Å². The second-order valence-electron chi connectivity index (χ2n) is 5.86. The van der Waals surface area contributed by atoms with Crippen LogP contribution in [0.5, 0.6) is 0 Å². The van der Waals surface area contributed by atoms with Gasteiger partial charge in [0.15, 0.2) is 5.82 Å². The van der Waals surface area contributed by atoms with Crippen LogP contribution in [0.3, 0.4) is 0 Å². The van der Waals surface area contributed by atoms with E-state index in [1.807, 2.05) is 13.0 Å². The summed E-state index contributed by atoms with van der Waals surface area (Å²) < 4.78 is 5.09. The first kappa shape index (κ1) is 20.4. The molecule has 0 aliphatic carbocycles. The molecule has 3 aromatic rings. The summed E-state index contributed by atoms with van der Waals surface area (Å²) in [5.41, 5.74) is 1.86. The van der Waals surface area contributed by atoms with E-state index in [1.165, 1.54) is 0 Å². The SMILES string of the molecule is Cc1c(Br)cnn1CCC(=O)Nc1nn(Cc2ccc(Cl)cc2Cl)cc1Br. The van der Waals surface area contributed by atoms with Crippen LogP contribution in [0.15, 0.2) is 39.5 Å². The minimum absolute atomic E-state index is 0.142. The number of aromatic nitrogens is 4. The van der Waals surface area contributed by atoms with Crippen LogP contribution in [0.1, 0.15) is 17.7 Å². The van der Waals surface area contributed by atoms with Gasteiger partial charge < -0.3 is 5.32 Å². The molecule has 10 heteroatoms. The summed E-state index contributed by atoms with van der Waals surface area (Å²) >= 11 is 19.0. The number of amides is 1. The molecule has 2 aromatic heterocycles. The minimum Gasteiger partial charge on any atom is -0.308 e. The zero-order valence-corrected chi connectivity index (χ0v) is 18.9. The summed E-state index contributed by atoms with van der Waals surface area (Å²) in [6.45, 7) is 2.89. The van der Waals surface area contributed by atoms with E-state index in [9.17, 15) is 4.79 Å². The van der Waals surface area contributed by atoms with Gasteiger partial charge in [-0.15, -0.1) is 0 Å². The van der Waals surface area contributed by atoms with E-state index in [2.05, 4.69) is 47.4 Å². The first-order valence-corrected chi connectivity index (χ1v) is 10.3. The summed E-state index contributed by atoms with van der Waals surface area (Å²) in [4.78, 5) is 12.2. The first-order chi connectivity index (χ1) is 12.8. The largest absolute Gasteiger partial charge is 0.308 e. The molecule has 0 fully saturated rings. The zero-order valence-electron chi connectivity index (χ0n) is 14.2. The van der Waals surface area contributed by atoms with E-state index in [-0.39, 0.29) is 12.3 Å². The van der Waals surface area contributed by atoms with E-state index in [4.69, 9.17) is 23.2 Å². The molecule has 2 heterocycles. The Morgan fingerprint density at radius 3 is 2.70 bits per heavy atom. The predicted octanol–water partition coefficient (Wildman–Crippen LogP) is 5.30. The third kappa shape index (κ3) is 5.13. The van der Waals surface area contributed by atoms with Crippen LogP contribution >= 0.6 is 55.1 Å². The molecule has 27 heavy (non-hydrogen) atoms. The van der Waals surface area contributed by atoms with Crippen molar-refractivity contribution >= 4 is 66.8 Å². The van der Waals surface area contributed by atoms with Crippen LogP contribution in [-0.4, -0.2) is 25.5 Å². The van der Waals surface area contributed by atoms with Crippen LogP contribution in [0.25, 0.3) is 0 Å². The second kappa shape index (κ2) is 8.77. The summed E-state index contributed by atoms with van der Waals surface area (Å²) in [6.07, 6.45) is 3.79. The smallest absolute Gasteiger partial charge is 0.227 e. The molecule has 1 aromatic carbocycles. The average molecular weight is 536 g/mol. The molecule has 0 aliphatic heterocycles. The number of anilines is 1. The Balaban J connectivity index is 1.62. The van der Waals surface area contributed by atoms with Crippen molar-refractivity contribution < 1.29 is 4.79 Å². The van der Waals surface area contributed by atoms with Gasteiger partial charge in [-0.2, -0.15) is 10.2 Å². The summed E-state index contributed by atoms with van der Waals surface area (Å²) in [6, 6.07) is 5.32. The number of rotatable bonds is 6. The molecule has 0 radical (unpaired) electrons. The van der Waals surface area contributed by atoms with Crippen molar-refractivity contribution in [2.45, 2.75) is 26.4 Å². The standard InChI is InChI=1S/C17H15Br2Cl2N5O/c1-10-13(18)7-22-26(10)5-4-16(27)23-17-14(19)9-25(24-17)8-11-2-3-12(20)6-15(11)21/h2-3,6-7,9H,4-5,8H2,1H3,(H,23,24,27). The Bertz CT molecular complexity index is 986. The molecule has 3 rings (SSSR count). The summed E-state index contributed by atoms with van der Waals surface area (Å²) in [7, 11) is 0. The van der Waals surface area contributed by atoms with Gasteiger partial charge in [0.25, 0.3) is 0 Å². The number of benzene rings is 1. The molecule has 0 saturated carbocycles. The normalized spacial score (nSPS) is 11.0. The average Bonchev–Trinajstić information content (AvgIpc) is 3.11. The third-order valence-corrected chi connectivity index (χ3v) is 5.86. The minimum atomic E-state index is -0.142. The zero-order chi connectivity index (χ0) is 19.6. The lowest BCUT2D eigenvalue weighted by atomic mass is 10.2. The second-order valence-corrected chi connectivity index (χ2v) is 8.41. The van der Waals surface area contributed by atoms with Crippen LogP contribution in [0, 0.1) is 6.92 Å². The van der Waals surface area contributed by atoms with E-state index in [0.29, 0.717) is 33.4 Å². The monoisotopic (exact) mass is 533 g/mol. The lowest BCUT2D eigenvalue weighted by Crippen LogP contribution is -2.16. The number of nitrogens with one attached hydrogen (secondary N) is 1. The molecule has 0 spiro atoms. The molecular weight excluding hydrogens is 521 g/mol. The van der Waals surface area contributed by atoms with Crippen LogP contribution in [0.2, 0.25) is 10.0 Å². The maximum atomic E-state index is 12.2. The number of carbonyl (C=O) groups excluding carboxylic acids is 1. The van der Waals surface area contributed by atoms with Crippen molar-refractivity contribution in [1.29, 1.82) is 0 Å². The molecule has 0 aliphatic rings. The van der Waals surface area contributed by atoms with Crippen molar-refractivity contribution in [3.63, 3.8) is 0 Å². The Labute approximate surface area is 183 Å². The lowest BCUT2D eigenvalue weighted by Gasteiger charge is -2.06. The molecule has 1 amide bonds. The molecule has 0 atom stereocenters. The van der Waals surface area contributed by atoms with Gasteiger partial charge in [0.1, 0.15) is 0 Å². The molecule has 0 saturated heterocycles. The van der Waals surface area contributed by atoms with E-state index < -0.39 is 0 Å². The van der Waals surface area contributed by atoms with Gasteiger partial charge in [0.05, 0.1) is 28.2 Å². The Hall–Kier alpha value is -1.35. The Kier molecular flexibility index (Phi) is 6.62. The topological polar surface area (TPSA) is 64.7 Å². The highest BCUT2D eigenvalue weighted by atomic mass is 79.9. The molecule has 0 bridgehead atoms. The van der Waals surface area contributed by atoms with Crippen molar-refractivity contribution in [3.05, 3.63) is 60.8 Å². The van der Waals surface area contributed by atoms with Crippen molar-refractivity contribution in [2.75, 3.05) is 5.32 Å². The van der Waals surface area contributed by atoms with Gasteiger partial charge in [-0.25, -0.2) is 0 Å². The lowest BCUT2D eigenvalue weighted by molar-refractivity contribution is -0.116. The summed E-state index contributed by atoms with van der Waals surface area (Å²) in [5.74, 6) is 0.319.